The van der Waals surface area contributed by atoms with Gasteiger partial charge in [0.2, 0.25) is 11.8 Å². The van der Waals surface area contributed by atoms with E-state index in [9.17, 15) is 31.2 Å². The normalized spacial score (nSPS) is 22.3. The Balaban J connectivity index is 1.32. The fourth-order valence-electron chi connectivity index (χ4n) is 7.69. The number of anilines is 1. The van der Waals surface area contributed by atoms with Gasteiger partial charge in [-0.3, -0.25) is 4.79 Å². The molecule has 1 spiro atoms. The van der Waals surface area contributed by atoms with Crippen molar-refractivity contribution in [3.8, 4) is 17.1 Å². The summed E-state index contributed by atoms with van der Waals surface area (Å²) >= 11 is 0. The first-order valence-corrected chi connectivity index (χ1v) is 17.5. The number of rotatable bonds is 4. The molecule has 260 valence electrons. The number of alkyl halides is 3. The molecule has 1 N–H and O–H groups in total. The molecule has 3 aromatic rings. The molecule has 1 aromatic heterocycles. The van der Waals surface area contributed by atoms with Crippen LogP contribution in [0.3, 0.4) is 0 Å². The summed E-state index contributed by atoms with van der Waals surface area (Å²) < 4.78 is 84.1. The van der Waals surface area contributed by atoms with Crippen LogP contribution in [0.15, 0.2) is 53.4 Å². The second-order valence-electron chi connectivity index (χ2n) is 13.9. The molecule has 49 heavy (non-hydrogen) atoms. The van der Waals surface area contributed by atoms with Crippen LogP contribution in [0, 0.1) is 24.7 Å². The number of hydrogen-bond acceptors (Lipinski definition) is 8. The van der Waals surface area contributed by atoms with Gasteiger partial charge in [-0.1, -0.05) is 24.3 Å². The lowest BCUT2D eigenvalue weighted by Gasteiger charge is -2.61. The highest BCUT2D eigenvalue weighted by Gasteiger charge is 2.65. The molecule has 15 heteroatoms. The Bertz CT molecular complexity index is 1920. The fraction of sp³-hybridized carbons (Fsp3) is 0.471. The third-order valence-corrected chi connectivity index (χ3v) is 11.7. The fourth-order valence-corrected chi connectivity index (χ4v) is 8.68. The Kier molecular flexibility index (Phi) is 7.84. The van der Waals surface area contributed by atoms with Gasteiger partial charge in [-0.15, -0.1) is 0 Å². The third kappa shape index (κ3) is 5.95. The Hall–Kier alpha value is -4.40. The number of amides is 2. The molecule has 2 saturated carbocycles. The maximum atomic E-state index is 14.5. The first-order valence-electron chi connectivity index (χ1n) is 16.1. The van der Waals surface area contributed by atoms with Crippen LogP contribution in [0.25, 0.3) is 11.3 Å². The lowest BCUT2D eigenvalue weighted by atomic mass is 9.60. The first kappa shape index (κ1) is 33.1. The molecule has 4 bridgehead atoms. The monoisotopic (exact) mass is 699 g/mol. The van der Waals surface area contributed by atoms with Crippen LogP contribution in [0.4, 0.5) is 23.9 Å². The number of halogens is 3. The molecular formula is C34H36F3N5O6S. The molecule has 3 heterocycles. The maximum Gasteiger partial charge on any atom is 0.409 e. The minimum absolute atomic E-state index is 0.0126. The number of nitrogens with one attached hydrogen (secondary N) is 1. The summed E-state index contributed by atoms with van der Waals surface area (Å²) in [7, 11) is -3.02. The van der Waals surface area contributed by atoms with E-state index in [1.165, 1.54) is 42.3 Å². The minimum Gasteiger partial charge on any atom is -0.475 e. The summed E-state index contributed by atoms with van der Waals surface area (Å²) in [6.45, 7) is 4.27. The molecule has 2 aliphatic heterocycles. The van der Waals surface area contributed by atoms with E-state index in [0.717, 1.165) is 16.7 Å². The summed E-state index contributed by atoms with van der Waals surface area (Å²) in [6, 6.07) is 11.1. The summed E-state index contributed by atoms with van der Waals surface area (Å²) in [5.74, 6) is -0.932. The molecule has 3 fully saturated rings. The number of carbonyl (C=O) groups excluding carboxylic acids is 2. The number of sulfonamides is 1. The number of carbonyl (C=O) groups is 2. The highest BCUT2D eigenvalue weighted by atomic mass is 32.2. The van der Waals surface area contributed by atoms with Gasteiger partial charge >= 0.3 is 12.3 Å². The number of aromatic nitrogens is 2. The Morgan fingerprint density at radius 3 is 2.37 bits per heavy atom. The predicted molar refractivity (Wildman–Crippen MR) is 171 cm³/mol. The van der Waals surface area contributed by atoms with Gasteiger partial charge in [-0.25, -0.2) is 22.9 Å². The molecule has 0 radical (unpaired) electrons. The molecule has 4 aliphatic rings. The lowest BCUT2D eigenvalue weighted by molar-refractivity contribution is -0.194. The Labute approximate surface area is 281 Å². The maximum absolute atomic E-state index is 14.5. The van der Waals surface area contributed by atoms with E-state index in [0.29, 0.717) is 31.6 Å². The van der Waals surface area contributed by atoms with Crippen LogP contribution in [0.1, 0.15) is 53.6 Å². The van der Waals surface area contributed by atoms with Crippen molar-refractivity contribution in [2.45, 2.75) is 69.1 Å². The zero-order chi connectivity index (χ0) is 34.9. The van der Waals surface area contributed by atoms with Gasteiger partial charge in [0, 0.05) is 41.7 Å². The summed E-state index contributed by atoms with van der Waals surface area (Å²) in [4.78, 5) is 38.0. The van der Waals surface area contributed by atoms with E-state index < -0.39 is 52.1 Å². The molecule has 2 amide bonds. The zero-order valence-electron chi connectivity index (χ0n) is 27.2. The molecule has 11 nitrogen and oxygen atoms in total. The van der Waals surface area contributed by atoms with Gasteiger partial charge in [0.15, 0.2) is 0 Å². The number of ether oxygens (including phenoxy) is 2. The number of fused-ring (bicyclic) bond motifs is 4. The minimum atomic E-state index is -4.49. The molecule has 1 atom stereocenters. The van der Waals surface area contributed by atoms with Gasteiger partial charge in [0.1, 0.15) is 6.61 Å². The smallest absolute Gasteiger partial charge is 0.409 e. The third-order valence-electron chi connectivity index (χ3n) is 10.4. The van der Waals surface area contributed by atoms with Crippen LogP contribution in [-0.4, -0.2) is 85.3 Å². The van der Waals surface area contributed by atoms with Crippen molar-refractivity contribution in [1.29, 1.82) is 0 Å². The van der Waals surface area contributed by atoms with Gasteiger partial charge in [-0.05, 0) is 75.3 Å². The van der Waals surface area contributed by atoms with Crippen molar-refractivity contribution in [2.24, 2.45) is 10.8 Å². The molecular weight excluding hydrogens is 663 g/mol. The average Bonchev–Trinajstić information content (AvgIpc) is 3.80. The van der Waals surface area contributed by atoms with E-state index >= 15 is 0 Å². The number of methoxy groups -OCH3 is 1. The second kappa shape index (κ2) is 11.6. The van der Waals surface area contributed by atoms with E-state index in [4.69, 9.17) is 9.47 Å². The molecule has 2 aliphatic carbocycles. The van der Waals surface area contributed by atoms with E-state index in [-0.39, 0.29) is 47.2 Å². The number of nitrogens with zero attached hydrogens (tertiary/aromatic N) is 4. The van der Waals surface area contributed by atoms with Crippen molar-refractivity contribution in [3.05, 3.63) is 65.2 Å². The SMILES string of the molecule is COC(=O)N1CC2(CC(N3C(=O)c4cccc(c4)S(=O)(=O)Nc4nc(cc(-c5c(C)cccc5C)n4)OC[C@H]3CC3(C(F)(F)F)CC3)C2)C1. The van der Waals surface area contributed by atoms with Crippen molar-refractivity contribution in [1.82, 2.24) is 19.8 Å². The first-order chi connectivity index (χ1) is 23.1. The topological polar surface area (TPSA) is 131 Å². The van der Waals surface area contributed by atoms with Crippen molar-refractivity contribution in [2.75, 3.05) is 31.5 Å². The van der Waals surface area contributed by atoms with E-state index in [1.54, 1.807) is 4.90 Å². The standard InChI is InChI=1S/C34H36F3N5O6S/c1-20-6-4-7-21(2)28(20)26-13-27-39-30(38-26)40-49(45,46)25-9-5-8-22(12-25)29(43)42(23-14-32(15-23)18-41(19-32)31(44)47-3)24(17-48-27)16-33(10-11-33)34(35,36)37/h4-9,12-13,23-24H,10-11,14-19H2,1-3H3,(H,38,39,40)/t24-/m1/s1. The largest absolute Gasteiger partial charge is 0.475 e. The summed E-state index contributed by atoms with van der Waals surface area (Å²) in [6.07, 6.45) is -4.57. The Morgan fingerprint density at radius 1 is 1.06 bits per heavy atom. The van der Waals surface area contributed by atoms with Crippen LogP contribution in [0.5, 0.6) is 5.88 Å². The summed E-state index contributed by atoms with van der Waals surface area (Å²) in [5, 5.41) is 0. The van der Waals surface area contributed by atoms with Gasteiger partial charge in [-0.2, -0.15) is 18.2 Å². The van der Waals surface area contributed by atoms with Crippen LogP contribution >= 0.6 is 0 Å². The highest BCUT2D eigenvalue weighted by molar-refractivity contribution is 7.92. The van der Waals surface area contributed by atoms with Crippen LogP contribution < -0.4 is 9.46 Å². The van der Waals surface area contributed by atoms with Gasteiger partial charge in [0.05, 0.1) is 29.2 Å². The van der Waals surface area contributed by atoms with E-state index in [2.05, 4.69) is 14.7 Å². The number of hydrogen-bond donors (Lipinski definition) is 1. The molecule has 2 aromatic carbocycles. The average molecular weight is 700 g/mol. The van der Waals surface area contributed by atoms with E-state index in [1.807, 2.05) is 32.0 Å². The molecule has 7 rings (SSSR count). The number of benzene rings is 2. The summed E-state index contributed by atoms with van der Waals surface area (Å²) in [5.41, 5.74) is 0.565. The zero-order valence-corrected chi connectivity index (χ0v) is 28.0. The lowest BCUT2D eigenvalue weighted by Crippen LogP contribution is -2.69. The number of aryl methyl sites for hydroxylation is 2. The highest BCUT2D eigenvalue weighted by Crippen LogP contribution is 2.61. The van der Waals surface area contributed by atoms with Crippen molar-refractivity contribution in [3.63, 3.8) is 0 Å². The number of likely N-dealkylation sites (tertiary alicyclic amines) is 1. The molecule has 1 saturated heterocycles. The predicted octanol–water partition coefficient (Wildman–Crippen LogP) is 5.73. The van der Waals surface area contributed by atoms with Gasteiger partial charge < -0.3 is 19.3 Å². The van der Waals surface area contributed by atoms with Gasteiger partial charge in [0.25, 0.3) is 15.9 Å². The Morgan fingerprint density at radius 2 is 1.73 bits per heavy atom. The molecule has 0 unspecified atom stereocenters. The van der Waals surface area contributed by atoms with Crippen molar-refractivity contribution >= 4 is 28.0 Å². The van der Waals surface area contributed by atoms with Crippen molar-refractivity contribution < 1.29 is 40.7 Å². The second-order valence-corrected chi connectivity index (χ2v) is 15.5. The van der Waals surface area contributed by atoms with Crippen LogP contribution in [-0.2, 0) is 14.8 Å². The van der Waals surface area contributed by atoms with Crippen LogP contribution in [0.2, 0.25) is 0 Å². The quantitative estimate of drug-likeness (QED) is 0.366.